The number of methoxy groups -OCH3 is 2. The first-order valence-corrected chi connectivity index (χ1v) is 8.37. The van der Waals surface area contributed by atoms with Crippen LogP contribution in [-0.4, -0.2) is 31.1 Å². The number of aromatic carboxylic acids is 1. The molecule has 1 aromatic carbocycles. The summed E-state index contributed by atoms with van der Waals surface area (Å²) in [6, 6.07) is 5.98. The number of amides is 1. The zero-order chi connectivity index (χ0) is 19.7. The number of aromatic amines is 1. The van der Waals surface area contributed by atoms with Gasteiger partial charge in [-0.15, -0.1) is 11.3 Å². The molecule has 9 nitrogen and oxygen atoms in total. The lowest BCUT2D eigenvalue weighted by Gasteiger charge is -2.11. The molecule has 0 saturated carbocycles. The second kappa shape index (κ2) is 7.00. The van der Waals surface area contributed by atoms with Crippen molar-refractivity contribution in [1.29, 1.82) is 0 Å². The van der Waals surface area contributed by atoms with E-state index < -0.39 is 23.0 Å². The van der Waals surface area contributed by atoms with Crippen molar-refractivity contribution >= 4 is 44.8 Å². The highest BCUT2D eigenvalue weighted by Gasteiger charge is 2.20. The van der Waals surface area contributed by atoms with E-state index in [4.69, 9.17) is 15.2 Å². The molecule has 0 fully saturated rings. The number of H-pyrrole nitrogens is 1. The smallest absolute Gasteiger partial charge is 0.268 e. The molecule has 140 valence electrons. The highest BCUT2D eigenvalue weighted by atomic mass is 32.1. The van der Waals surface area contributed by atoms with Gasteiger partial charge in [-0.1, -0.05) is 0 Å². The van der Waals surface area contributed by atoms with Gasteiger partial charge in [0.05, 0.1) is 37.1 Å². The van der Waals surface area contributed by atoms with Crippen LogP contribution >= 0.6 is 11.3 Å². The van der Waals surface area contributed by atoms with Crippen LogP contribution in [0.3, 0.4) is 0 Å². The molecule has 27 heavy (non-hydrogen) atoms. The fourth-order valence-electron chi connectivity index (χ4n) is 2.48. The number of carbonyl (C=O) groups excluding carboxylic acids is 2. The van der Waals surface area contributed by atoms with Crippen LogP contribution in [0.2, 0.25) is 0 Å². The van der Waals surface area contributed by atoms with E-state index in [2.05, 4.69) is 10.3 Å². The van der Waals surface area contributed by atoms with Crippen LogP contribution in [0.5, 0.6) is 11.5 Å². The third-order valence-corrected chi connectivity index (χ3v) is 4.96. The number of carboxylic acids is 1. The number of carbonyl (C=O) groups is 2. The van der Waals surface area contributed by atoms with E-state index in [9.17, 15) is 19.5 Å². The third-order valence-electron chi connectivity index (χ3n) is 3.82. The number of thiophene rings is 1. The van der Waals surface area contributed by atoms with Crippen LogP contribution in [0.1, 0.15) is 20.0 Å². The molecule has 2 aromatic heterocycles. The lowest BCUT2D eigenvalue weighted by molar-refractivity contribution is -0.255. The lowest BCUT2D eigenvalue weighted by atomic mass is 10.2. The van der Waals surface area contributed by atoms with Crippen LogP contribution in [-0.2, 0) is 0 Å². The van der Waals surface area contributed by atoms with Crippen molar-refractivity contribution in [2.45, 2.75) is 0 Å². The number of hydrogen-bond donors (Lipinski definition) is 3. The molecule has 1 amide bonds. The average Bonchev–Trinajstić information content (AvgIpc) is 2.96. The van der Waals surface area contributed by atoms with Gasteiger partial charge >= 0.3 is 0 Å². The van der Waals surface area contributed by atoms with Crippen molar-refractivity contribution in [1.82, 2.24) is 4.98 Å². The number of anilines is 2. The minimum Gasteiger partial charge on any atom is -0.545 e. The van der Waals surface area contributed by atoms with Crippen molar-refractivity contribution < 1.29 is 24.2 Å². The lowest BCUT2D eigenvalue weighted by Crippen LogP contribution is -2.29. The van der Waals surface area contributed by atoms with Crippen molar-refractivity contribution in [3.63, 3.8) is 0 Å². The molecule has 2 heterocycles. The number of pyridine rings is 1. The van der Waals surface area contributed by atoms with Crippen LogP contribution in [0.25, 0.3) is 10.2 Å². The number of benzene rings is 1. The Morgan fingerprint density at radius 1 is 1.22 bits per heavy atom. The molecular weight excluding hydrogens is 374 g/mol. The Morgan fingerprint density at radius 3 is 2.59 bits per heavy atom. The average molecular weight is 388 g/mol. The monoisotopic (exact) mass is 388 g/mol. The predicted molar refractivity (Wildman–Crippen MR) is 98.7 cm³/mol. The number of carboxylic acid groups (broad SMARTS) is 1. The summed E-state index contributed by atoms with van der Waals surface area (Å²) in [4.78, 5) is 38.3. The van der Waals surface area contributed by atoms with Gasteiger partial charge in [0.25, 0.3) is 11.5 Å². The maximum atomic E-state index is 12.7. The molecule has 0 aliphatic rings. The van der Waals surface area contributed by atoms with E-state index in [0.29, 0.717) is 17.2 Å². The summed E-state index contributed by atoms with van der Waals surface area (Å²) in [5.74, 6) is -1.25. The maximum absolute atomic E-state index is 12.7. The Bertz CT molecular complexity index is 1120. The molecule has 0 aliphatic carbocycles. The topological polar surface area (TPSA) is 147 Å². The van der Waals surface area contributed by atoms with Gasteiger partial charge in [-0.3, -0.25) is 9.59 Å². The van der Waals surface area contributed by atoms with Crippen molar-refractivity contribution in [3.05, 3.63) is 45.1 Å². The summed E-state index contributed by atoms with van der Waals surface area (Å²) in [6.45, 7) is 0. The van der Waals surface area contributed by atoms with Gasteiger partial charge in [0, 0.05) is 11.5 Å². The third kappa shape index (κ3) is 3.29. The summed E-state index contributed by atoms with van der Waals surface area (Å²) in [5.41, 5.74) is 5.02. The van der Waals surface area contributed by atoms with Crippen LogP contribution in [0, 0.1) is 0 Å². The van der Waals surface area contributed by atoms with E-state index in [0.717, 1.165) is 17.4 Å². The normalized spacial score (nSPS) is 10.6. The van der Waals surface area contributed by atoms with Gasteiger partial charge in [-0.05, 0) is 18.2 Å². The van der Waals surface area contributed by atoms with Gasteiger partial charge < -0.3 is 35.4 Å². The Hall–Kier alpha value is -3.53. The molecule has 0 unspecified atom stereocenters. The summed E-state index contributed by atoms with van der Waals surface area (Å²) >= 11 is 0.931. The number of ether oxygens (including phenoxy) is 2. The van der Waals surface area contributed by atoms with Gasteiger partial charge in [0.2, 0.25) is 0 Å². The first-order chi connectivity index (χ1) is 12.8. The fraction of sp³-hybridized carbons (Fsp3) is 0.118. The molecule has 0 spiro atoms. The number of nitrogens with two attached hydrogens (primary N) is 1. The van der Waals surface area contributed by atoms with Gasteiger partial charge in [0.1, 0.15) is 21.2 Å². The van der Waals surface area contributed by atoms with Crippen LogP contribution in [0.15, 0.2) is 29.1 Å². The standard InChI is InChI=1S/C17H15N3O6S/c1-25-7-3-4-11(26-2)10(5-7)19-15(22)13-12(18)8-6-9(17(23)24)14(21)20-16(8)27-13/h3-6H,18H2,1-2H3,(H,19,22)(H,20,21)(H,23,24)/p-1. The zero-order valence-electron chi connectivity index (χ0n) is 14.2. The van der Waals surface area contributed by atoms with E-state index in [1.807, 2.05) is 0 Å². The van der Waals surface area contributed by atoms with E-state index in [1.165, 1.54) is 14.2 Å². The van der Waals surface area contributed by atoms with Gasteiger partial charge in [-0.25, -0.2) is 0 Å². The molecule has 3 aromatic rings. The minimum absolute atomic E-state index is 0.0492. The van der Waals surface area contributed by atoms with E-state index in [-0.39, 0.29) is 20.8 Å². The number of fused-ring (bicyclic) bond motifs is 1. The Balaban J connectivity index is 2.03. The highest BCUT2D eigenvalue weighted by Crippen LogP contribution is 2.34. The summed E-state index contributed by atoms with van der Waals surface area (Å²) in [5, 5.41) is 13.9. The molecule has 0 saturated heterocycles. The minimum atomic E-state index is -1.63. The number of nitrogen functional groups attached to an aromatic ring is 1. The number of rotatable bonds is 5. The molecule has 0 atom stereocenters. The quantitative estimate of drug-likeness (QED) is 0.586. The predicted octanol–water partition coefficient (Wildman–Crippen LogP) is 0.805. The first kappa shape index (κ1) is 18.3. The molecule has 0 radical (unpaired) electrons. The Kier molecular flexibility index (Phi) is 4.74. The fourth-order valence-corrected chi connectivity index (χ4v) is 3.47. The van der Waals surface area contributed by atoms with Gasteiger partial charge in [-0.2, -0.15) is 0 Å². The van der Waals surface area contributed by atoms with Gasteiger partial charge in [0.15, 0.2) is 0 Å². The molecular formula is C17H14N3O6S-. The van der Waals surface area contributed by atoms with E-state index >= 15 is 0 Å². The van der Waals surface area contributed by atoms with Crippen LogP contribution < -0.4 is 31.2 Å². The zero-order valence-corrected chi connectivity index (χ0v) is 15.1. The molecule has 3 rings (SSSR count). The van der Waals surface area contributed by atoms with Crippen LogP contribution in [0.4, 0.5) is 11.4 Å². The highest BCUT2D eigenvalue weighted by molar-refractivity contribution is 7.21. The molecule has 0 aliphatic heterocycles. The summed E-state index contributed by atoms with van der Waals surface area (Å²) < 4.78 is 10.3. The second-order valence-corrected chi connectivity index (χ2v) is 6.43. The first-order valence-electron chi connectivity index (χ1n) is 7.55. The maximum Gasteiger partial charge on any atom is 0.268 e. The van der Waals surface area contributed by atoms with Crippen molar-refractivity contribution in [2.24, 2.45) is 0 Å². The number of hydrogen-bond acceptors (Lipinski definition) is 8. The summed E-state index contributed by atoms with van der Waals surface area (Å²) in [7, 11) is 2.94. The number of aromatic nitrogens is 1. The SMILES string of the molecule is COc1ccc(OC)c(NC(=O)c2sc3[nH]c(=O)c(C(=O)[O-])cc3c2N)c1. The Labute approximate surface area is 156 Å². The Morgan fingerprint density at radius 2 is 1.96 bits per heavy atom. The van der Waals surface area contributed by atoms with Crippen molar-refractivity contribution in [2.75, 3.05) is 25.3 Å². The molecule has 10 heteroatoms. The summed E-state index contributed by atoms with van der Waals surface area (Å²) in [6.07, 6.45) is 0. The number of nitrogens with one attached hydrogen (secondary N) is 2. The largest absolute Gasteiger partial charge is 0.545 e. The van der Waals surface area contributed by atoms with Crippen molar-refractivity contribution in [3.8, 4) is 11.5 Å². The molecule has 4 N–H and O–H groups in total. The van der Waals surface area contributed by atoms with E-state index in [1.54, 1.807) is 18.2 Å². The second-order valence-electron chi connectivity index (χ2n) is 5.41. The molecule has 0 bridgehead atoms.